The van der Waals surface area contributed by atoms with E-state index in [0.29, 0.717) is 13.1 Å². The van der Waals surface area contributed by atoms with Gasteiger partial charge in [0, 0.05) is 44.6 Å². The zero-order valence-corrected chi connectivity index (χ0v) is 17.7. The first-order valence-electron chi connectivity index (χ1n) is 10.7. The van der Waals surface area contributed by atoms with Crippen molar-refractivity contribution in [2.24, 2.45) is 0 Å². The van der Waals surface area contributed by atoms with Crippen molar-refractivity contribution in [1.82, 2.24) is 9.80 Å². The number of hydrogen-bond donors (Lipinski definition) is 1. The first-order chi connectivity index (χ1) is 14.7. The Kier molecular flexibility index (Phi) is 8.05. The number of piperazine rings is 1. The Morgan fingerprint density at radius 1 is 1.03 bits per heavy atom. The fraction of sp³-hybridized carbons (Fsp3) is 0.360. The van der Waals surface area contributed by atoms with Crippen LogP contribution in [0.4, 0.5) is 5.69 Å². The monoisotopic (exact) mass is 402 g/mol. The Balaban J connectivity index is 1.51. The molecule has 2 aromatic carbocycles. The number of anilines is 1. The molecule has 3 rings (SSSR count). The molecule has 0 aliphatic carbocycles. The number of amides is 1. The molecule has 30 heavy (non-hydrogen) atoms. The van der Waals surface area contributed by atoms with Crippen molar-refractivity contribution >= 4 is 11.6 Å². The summed E-state index contributed by atoms with van der Waals surface area (Å²) in [6, 6.07) is 20.6. The fourth-order valence-electron chi connectivity index (χ4n) is 3.57. The topological polar surface area (TPSA) is 59.4 Å². The van der Waals surface area contributed by atoms with E-state index in [2.05, 4.69) is 47.5 Å². The van der Waals surface area contributed by atoms with Gasteiger partial charge in [0.2, 0.25) is 0 Å². The molecule has 5 nitrogen and oxygen atoms in total. The number of nitrogens with one attached hydrogen (secondary N) is 1. The van der Waals surface area contributed by atoms with E-state index in [4.69, 9.17) is 0 Å². The molecule has 0 spiro atoms. The van der Waals surface area contributed by atoms with Gasteiger partial charge in [-0.3, -0.25) is 9.69 Å². The Morgan fingerprint density at radius 3 is 2.37 bits per heavy atom. The third-order valence-electron chi connectivity index (χ3n) is 5.42. The van der Waals surface area contributed by atoms with Gasteiger partial charge in [-0.15, -0.1) is 0 Å². The normalized spacial score (nSPS) is 14.9. The maximum Gasteiger partial charge on any atom is 0.266 e. The highest BCUT2D eigenvalue weighted by molar-refractivity contribution is 5.97. The quantitative estimate of drug-likeness (QED) is 0.531. The van der Waals surface area contributed by atoms with Gasteiger partial charge < -0.3 is 10.2 Å². The van der Waals surface area contributed by atoms with Gasteiger partial charge in [0.25, 0.3) is 5.91 Å². The van der Waals surface area contributed by atoms with Gasteiger partial charge in [-0.2, -0.15) is 5.26 Å². The van der Waals surface area contributed by atoms with Crippen molar-refractivity contribution < 1.29 is 4.79 Å². The van der Waals surface area contributed by atoms with Gasteiger partial charge in [0.1, 0.15) is 11.6 Å². The molecule has 1 N–H and O–H groups in total. The lowest BCUT2D eigenvalue weighted by Crippen LogP contribution is -2.48. The maximum atomic E-state index is 12.8. The van der Waals surface area contributed by atoms with Gasteiger partial charge in [0.05, 0.1) is 0 Å². The minimum Gasteiger partial charge on any atom is -0.360 e. The minimum absolute atomic E-state index is 0.140. The molecule has 1 heterocycles. The van der Waals surface area contributed by atoms with Crippen molar-refractivity contribution in [3.05, 3.63) is 77.5 Å². The highest BCUT2D eigenvalue weighted by atomic mass is 16.2. The van der Waals surface area contributed by atoms with Crippen LogP contribution in [0.5, 0.6) is 0 Å². The molecular weight excluding hydrogens is 372 g/mol. The van der Waals surface area contributed by atoms with E-state index in [9.17, 15) is 10.1 Å². The van der Waals surface area contributed by atoms with Crippen molar-refractivity contribution in [2.75, 3.05) is 31.5 Å². The summed E-state index contributed by atoms with van der Waals surface area (Å²) in [7, 11) is 0. The zero-order valence-electron chi connectivity index (χ0n) is 17.7. The number of unbranched alkanes of at least 4 members (excludes halogenated alkanes) is 1. The summed E-state index contributed by atoms with van der Waals surface area (Å²) in [5.74, 6) is -0.205. The second kappa shape index (κ2) is 11.2. The standard InChI is InChI=1S/C25H30N4O/c1-2-3-7-21-10-12-24(13-11-21)27-19-23(18-26)25(30)29-16-14-28(15-17-29)20-22-8-5-4-6-9-22/h4-6,8-13,19,27H,2-3,7,14-17,20H2,1H3/b23-19-. The van der Waals surface area contributed by atoms with E-state index in [1.54, 1.807) is 4.90 Å². The van der Waals surface area contributed by atoms with Crippen molar-refractivity contribution in [3.8, 4) is 6.07 Å². The summed E-state index contributed by atoms with van der Waals surface area (Å²) >= 11 is 0. The highest BCUT2D eigenvalue weighted by Crippen LogP contribution is 2.14. The number of benzene rings is 2. The molecule has 0 aromatic heterocycles. The second-order valence-corrected chi connectivity index (χ2v) is 7.67. The largest absolute Gasteiger partial charge is 0.360 e. The Labute approximate surface area is 179 Å². The number of hydrogen-bond acceptors (Lipinski definition) is 4. The summed E-state index contributed by atoms with van der Waals surface area (Å²) in [6.07, 6.45) is 4.96. The van der Waals surface area contributed by atoms with Crippen LogP contribution >= 0.6 is 0 Å². The minimum atomic E-state index is -0.205. The molecule has 1 aliphatic heterocycles. The number of nitrogens with zero attached hydrogens (tertiary/aromatic N) is 3. The van der Waals surface area contributed by atoms with Crippen molar-refractivity contribution in [1.29, 1.82) is 5.26 Å². The third-order valence-corrected chi connectivity index (χ3v) is 5.42. The molecular formula is C25H30N4O. The lowest BCUT2D eigenvalue weighted by molar-refractivity contribution is -0.128. The van der Waals surface area contributed by atoms with Gasteiger partial charge in [-0.1, -0.05) is 55.8 Å². The highest BCUT2D eigenvalue weighted by Gasteiger charge is 2.23. The van der Waals surface area contributed by atoms with E-state index in [1.807, 2.05) is 30.3 Å². The molecule has 2 aromatic rings. The predicted octanol–water partition coefficient (Wildman–Crippen LogP) is 4.19. The number of aryl methyl sites for hydroxylation is 1. The first-order valence-corrected chi connectivity index (χ1v) is 10.7. The Bertz CT molecular complexity index is 876. The van der Waals surface area contributed by atoms with Gasteiger partial charge in [0.15, 0.2) is 0 Å². The van der Waals surface area contributed by atoms with Crippen LogP contribution in [0.3, 0.4) is 0 Å². The van der Waals surface area contributed by atoms with Crippen LogP contribution in [0, 0.1) is 11.3 Å². The lowest BCUT2D eigenvalue weighted by atomic mass is 10.1. The summed E-state index contributed by atoms with van der Waals surface area (Å²) in [5, 5.41) is 12.6. The van der Waals surface area contributed by atoms with Crippen LogP contribution in [-0.4, -0.2) is 41.9 Å². The number of nitriles is 1. The molecule has 0 saturated carbocycles. The number of rotatable bonds is 8. The van der Waals surface area contributed by atoms with E-state index in [0.717, 1.165) is 31.7 Å². The molecule has 0 radical (unpaired) electrons. The third kappa shape index (κ3) is 6.20. The van der Waals surface area contributed by atoms with Crippen molar-refractivity contribution in [2.45, 2.75) is 32.7 Å². The van der Waals surface area contributed by atoms with E-state index >= 15 is 0 Å². The molecule has 0 atom stereocenters. The van der Waals surface area contributed by atoms with Crippen LogP contribution in [0.25, 0.3) is 0 Å². The van der Waals surface area contributed by atoms with E-state index in [-0.39, 0.29) is 11.5 Å². The number of carbonyl (C=O) groups is 1. The predicted molar refractivity (Wildman–Crippen MR) is 121 cm³/mol. The van der Waals surface area contributed by atoms with Gasteiger partial charge in [-0.05, 0) is 36.1 Å². The van der Waals surface area contributed by atoms with Crippen LogP contribution in [0.1, 0.15) is 30.9 Å². The maximum absolute atomic E-state index is 12.8. The smallest absolute Gasteiger partial charge is 0.266 e. The Morgan fingerprint density at radius 2 is 1.73 bits per heavy atom. The molecule has 1 fully saturated rings. The molecule has 5 heteroatoms. The first kappa shape index (κ1) is 21.6. The van der Waals surface area contributed by atoms with E-state index < -0.39 is 0 Å². The van der Waals surface area contributed by atoms with Gasteiger partial charge in [-0.25, -0.2) is 0 Å². The summed E-state index contributed by atoms with van der Waals surface area (Å²) in [6.45, 7) is 5.97. The van der Waals surface area contributed by atoms with Crippen LogP contribution in [0.2, 0.25) is 0 Å². The molecule has 1 saturated heterocycles. The summed E-state index contributed by atoms with van der Waals surface area (Å²) in [4.78, 5) is 16.9. The van der Waals surface area contributed by atoms with Crippen LogP contribution < -0.4 is 5.32 Å². The average molecular weight is 403 g/mol. The van der Waals surface area contributed by atoms with Crippen LogP contribution in [-0.2, 0) is 17.8 Å². The molecule has 0 bridgehead atoms. The molecule has 1 aliphatic rings. The van der Waals surface area contributed by atoms with Gasteiger partial charge >= 0.3 is 0 Å². The molecule has 0 unspecified atom stereocenters. The molecule has 1 amide bonds. The van der Waals surface area contributed by atoms with Crippen molar-refractivity contribution in [3.63, 3.8) is 0 Å². The Hall–Kier alpha value is -3.10. The average Bonchev–Trinajstić information content (AvgIpc) is 2.80. The van der Waals surface area contributed by atoms with E-state index in [1.165, 1.54) is 30.2 Å². The zero-order chi connectivity index (χ0) is 21.2. The second-order valence-electron chi connectivity index (χ2n) is 7.67. The SMILES string of the molecule is CCCCc1ccc(N/C=C(/C#N)C(=O)N2CCN(Cc3ccccc3)CC2)cc1. The molecule has 156 valence electrons. The summed E-state index contributed by atoms with van der Waals surface area (Å²) < 4.78 is 0. The van der Waals surface area contributed by atoms with Crippen LogP contribution in [0.15, 0.2) is 66.4 Å². The lowest BCUT2D eigenvalue weighted by Gasteiger charge is -2.34. The number of carbonyl (C=O) groups excluding carboxylic acids is 1. The summed E-state index contributed by atoms with van der Waals surface area (Å²) in [5.41, 5.74) is 3.60. The fourth-order valence-corrected chi connectivity index (χ4v) is 3.57.